The predicted octanol–water partition coefficient (Wildman–Crippen LogP) is 13.9. The van der Waals surface area contributed by atoms with E-state index in [0.29, 0.717) is 33.4 Å². The first kappa shape index (κ1) is 37.7. The summed E-state index contributed by atoms with van der Waals surface area (Å²) in [6, 6.07) is 68.4. The second-order valence-electron chi connectivity index (χ2n) is 15.3. The van der Waals surface area contributed by atoms with Crippen molar-refractivity contribution < 1.29 is 20.4 Å². The molecule has 0 bridgehead atoms. The van der Waals surface area contributed by atoms with E-state index in [0.717, 1.165) is 50.1 Å². The van der Waals surface area contributed by atoms with E-state index in [4.69, 9.17) is 0 Å². The van der Waals surface area contributed by atoms with Crippen LogP contribution in [-0.4, -0.2) is 20.4 Å². The Morgan fingerprint density at radius 1 is 0.283 bits per heavy atom. The first-order valence-electron chi connectivity index (χ1n) is 20.0. The summed E-state index contributed by atoms with van der Waals surface area (Å²) >= 11 is 0. The number of hydrogen-bond donors (Lipinski definition) is 4. The van der Waals surface area contributed by atoms with Gasteiger partial charge in [-0.2, -0.15) is 0 Å². The summed E-state index contributed by atoms with van der Waals surface area (Å²) < 4.78 is 0. The van der Waals surface area contributed by atoms with Gasteiger partial charge in [-0.1, -0.05) is 164 Å². The molecule has 0 fully saturated rings. The van der Waals surface area contributed by atoms with Gasteiger partial charge in [0.2, 0.25) is 0 Å². The van der Waals surface area contributed by atoms with Crippen molar-refractivity contribution in [2.24, 2.45) is 0 Å². The highest BCUT2D eigenvalue weighted by Crippen LogP contribution is 2.53. The lowest BCUT2D eigenvalue weighted by atomic mass is 9.68. The Bertz CT molecular complexity index is 2760. The van der Waals surface area contributed by atoms with Crippen molar-refractivity contribution in [2.75, 3.05) is 0 Å². The maximum atomic E-state index is 12.8. The van der Waals surface area contributed by atoms with E-state index in [-0.39, 0.29) is 23.0 Å². The molecule has 0 saturated carbocycles. The fraction of sp³-hybridized carbons (Fsp3) is 0.0357. The Hall–Kier alpha value is -7.82. The molecule has 9 aromatic rings. The fourth-order valence-electron chi connectivity index (χ4n) is 8.40. The predicted molar refractivity (Wildman–Crippen MR) is 244 cm³/mol. The molecule has 0 aliphatic rings. The summed E-state index contributed by atoms with van der Waals surface area (Å²) in [5.41, 5.74) is 10.3. The van der Waals surface area contributed by atoms with Crippen molar-refractivity contribution in [1.82, 2.24) is 0 Å². The zero-order chi connectivity index (χ0) is 41.2. The van der Waals surface area contributed by atoms with Gasteiger partial charge in [0, 0.05) is 38.8 Å². The first-order chi connectivity index (χ1) is 29.3. The van der Waals surface area contributed by atoms with Crippen LogP contribution in [-0.2, 0) is 5.41 Å². The van der Waals surface area contributed by atoms with Crippen LogP contribution in [0.5, 0.6) is 23.0 Å². The van der Waals surface area contributed by atoms with Gasteiger partial charge in [0.05, 0.1) is 0 Å². The number of benzene rings is 9. The lowest BCUT2D eigenvalue weighted by Crippen LogP contribution is -2.26. The molecule has 0 heterocycles. The molecule has 4 N–H and O–H groups in total. The van der Waals surface area contributed by atoms with Crippen LogP contribution in [0.15, 0.2) is 212 Å². The Morgan fingerprint density at radius 3 is 0.933 bits per heavy atom. The molecule has 0 atom stereocenters. The average molecular weight is 779 g/mol. The number of rotatable bonds is 9. The van der Waals surface area contributed by atoms with Gasteiger partial charge in [-0.05, 0) is 106 Å². The molecule has 0 saturated heterocycles. The van der Waals surface area contributed by atoms with E-state index < -0.39 is 5.41 Å². The minimum absolute atomic E-state index is 0.0837. The molecule has 4 nitrogen and oxygen atoms in total. The van der Waals surface area contributed by atoms with E-state index in [1.807, 2.05) is 200 Å². The van der Waals surface area contributed by atoms with Gasteiger partial charge < -0.3 is 20.4 Å². The van der Waals surface area contributed by atoms with Crippen LogP contribution in [0.1, 0.15) is 23.6 Å². The molecule has 0 amide bonds. The second-order valence-corrected chi connectivity index (χ2v) is 15.3. The van der Waals surface area contributed by atoms with E-state index >= 15 is 0 Å². The number of phenols is 4. The Balaban J connectivity index is 1.35. The largest absolute Gasteiger partial charge is 0.507 e. The summed E-state index contributed by atoms with van der Waals surface area (Å²) in [6.45, 7) is 2.06. The number of aromatic hydroxyl groups is 4. The summed E-state index contributed by atoms with van der Waals surface area (Å²) in [5, 5.41) is 47.7. The molecule has 0 spiro atoms. The number of hydrogen-bond acceptors (Lipinski definition) is 4. The molecule has 0 radical (unpaired) electrons. The van der Waals surface area contributed by atoms with Crippen molar-refractivity contribution in [3.63, 3.8) is 0 Å². The van der Waals surface area contributed by atoms with E-state index in [9.17, 15) is 20.4 Å². The van der Waals surface area contributed by atoms with Gasteiger partial charge >= 0.3 is 0 Å². The average Bonchev–Trinajstić information content (AvgIpc) is 3.31. The highest BCUT2D eigenvalue weighted by molar-refractivity contribution is 5.87. The monoisotopic (exact) mass is 778 g/mol. The van der Waals surface area contributed by atoms with Gasteiger partial charge in [-0.25, -0.2) is 0 Å². The second kappa shape index (κ2) is 15.8. The maximum Gasteiger partial charge on any atom is 0.127 e. The zero-order valence-electron chi connectivity index (χ0n) is 33.0. The molecule has 0 aromatic heterocycles. The minimum Gasteiger partial charge on any atom is -0.507 e. The lowest BCUT2D eigenvalue weighted by Gasteiger charge is -2.35. The smallest absolute Gasteiger partial charge is 0.127 e. The SMILES string of the molecule is CC(c1ccccc1)(c1cc(-c2ccc(O)c(-c3ccccc3)c2)cc(-c2ccccc2)c1O)c1cc(-c2ccc(O)c(-c3ccccc3)c2)cc(-c2ccccc2)c1O. The fourth-order valence-corrected chi connectivity index (χ4v) is 8.40. The molecule has 0 aliphatic heterocycles. The standard InChI is InChI=1S/C56H42O4/c1-56(45-25-15-6-16-26-45,50-35-43(33-48(54(50)59)39-21-11-4-12-22-39)41-27-29-52(57)46(31-41)37-17-7-2-8-18-37)51-36-44(34-49(55(51)60)40-23-13-5-14-24-40)42-28-30-53(58)47(32-42)38-19-9-3-10-20-38/h2-36,57-60H,1H3. The van der Waals surface area contributed by atoms with Crippen molar-refractivity contribution in [3.8, 4) is 89.8 Å². The van der Waals surface area contributed by atoms with Gasteiger partial charge in [-0.15, -0.1) is 0 Å². The van der Waals surface area contributed by atoms with Crippen LogP contribution in [0.4, 0.5) is 0 Å². The highest BCUT2D eigenvalue weighted by atomic mass is 16.3. The molecule has 60 heavy (non-hydrogen) atoms. The summed E-state index contributed by atoms with van der Waals surface area (Å²) in [4.78, 5) is 0. The summed E-state index contributed by atoms with van der Waals surface area (Å²) in [5.74, 6) is 0.503. The van der Waals surface area contributed by atoms with E-state index in [1.165, 1.54) is 0 Å². The lowest BCUT2D eigenvalue weighted by molar-refractivity contribution is 0.444. The van der Waals surface area contributed by atoms with Gasteiger partial charge in [0.25, 0.3) is 0 Å². The van der Waals surface area contributed by atoms with E-state index in [2.05, 4.69) is 6.92 Å². The van der Waals surface area contributed by atoms with E-state index in [1.54, 1.807) is 12.1 Å². The van der Waals surface area contributed by atoms with Crippen LogP contribution in [0, 0.1) is 0 Å². The third kappa shape index (κ3) is 6.95. The zero-order valence-corrected chi connectivity index (χ0v) is 33.0. The molecule has 0 unspecified atom stereocenters. The maximum absolute atomic E-state index is 12.8. The molecular weight excluding hydrogens is 737 g/mol. The normalized spacial score (nSPS) is 11.3. The highest BCUT2D eigenvalue weighted by Gasteiger charge is 2.38. The van der Waals surface area contributed by atoms with Crippen LogP contribution < -0.4 is 0 Å². The van der Waals surface area contributed by atoms with Crippen LogP contribution >= 0.6 is 0 Å². The third-order valence-corrected chi connectivity index (χ3v) is 11.6. The molecular formula is C56H42O4. The van der Waals surface area contributed by atoms with Crippen molar-refractivity contribution in [2.45, 2.75) is 12.3 Å². The topological polar surface area (TPSA) is 80.9 Å². The Morgan fingerprint density at radius 2 is 0.583 bits per heavy atom. The van der Waals surface area contributed by atoms with Gasteiger partial charge in [0.1, 0.15) is 23.0 Å². The molecule has 4 heteroatoms. The summed E-state index contributed by atoms with van der Waals surface area (Å²) in [6.07, 6.45) is 0. The van der Waals surface area contributed by atoms with Crippen LogP contribution in [0.3, 0.4) is 0 Å². The minimum atomic E-state index is -1.15. The molecule has 9 rings (SSSR count). The third-order valence-electron chi connectivity index (χ3n) is 11.6. The first-order valence-corrected chi connectivity index (χ1v) is 20.0. The molecule has 0 aliphatic carbocycles. The van der Waals surface area contributed by atoms with Crippen molar-refractivity contribution >= 4 is 0 Å². The van der Waals surface area contributed by atoms with Crippen molar-refractivity contribution in [1.29, 1.82) is 0 Å². The number of phenolic OH excluding ortho intramolecular Hbond substituents is 4. The van der Waals surface area contributed by atoms with Gasteiger partial charge in [0.15, 0.2) is 0 Å². The van der Waals surface area contributed by atoms with Crippen molar-refractivity contribution in [3.05, 3.63) is 229 Å². The molecule has 290 valence electrons. The summed E-state index contributed by atoms with van der Waals surface area (Å²) in [7, 11) is 0. The Kier molecular flexibility index (Phi) is 9.97. The van der Waals surface area contributed by atoms with Crippen LogP contribution in [0.2, 0.25) is 0 Å². The molecule has 9 aromatic carbocycles. The van der Waals surface area contributed by atoms with Crippen LogP contribution in [0.25, 0.3) is 66.8 Å². The Labute approximate surface area is 350 Å². The van der Waals surface area contributed by atoms with Gasteiger partial charge in [-0.3, -0.25) is 0 Å². The quantitative estimate of drug-likeness (QED) is 0.110.